The highest BCUT2D eigenvalue weighted by atomic mass is 35.5. The summed E-state index contributed by atoms with van der Waals surface area (Å²) in [6.45, 7) is 1.45. The number of carbonyl (C=O) groups excluding carboxylic acids is 1. The van der Waals surface area contributed by atoms with Crippen LogP contribution in [0.1, 0.15) is 15.9 Å². The first-order chi connectivity index (χ1) is 15.4. The van der Waals surface area contributed by atoms with E-state index in [2.05, 4.69) is 0 Å². The Morgan fingerprint density at radius 1 is 1.00 bits per heavy atom. The topological polar surface area (TPSA) is 65.7 Å². The van der Waals surface area contributed by atoms with Gasteiger partial charge in [-0.05, 0) is 61.0 Å². The van der Waals surface area contributed by atoms with E-state index in [1.807, 2.05) is 6.92 Å². The third-order valence-corrected chi connectivity index (χ3v) is 5.74. The predicted octanol–water partition coefficient (Wildman–Crippen LogP) is 6.35. The molecule has 0 amide bonds. The van der Waals surface area contributed by atoms with Crippen LogP contribution in [0.4, 0.5) is 0 Å². The zero-order chi connectivity index (χ0) is 22.8. The number of hydrogen-bond donors (Lipinski definition) is 0. The van der Waals surface area contributed by atoms with Crippen molar-refractivity contribution in [1.29, 1.82) is 0 Å². The summed E-state index contributed by atoms with van der Waals surface area (Å²) in [6, 6.07) is 16.8. The van der Waals surface area contributed by atoms with Crippen molar-refractivity contribution in [2.24, 2.45) is 0 Å². The van der Waals surface area contributed by atoms with Crippen molar-refractivity contribution in [3.63, 3.8) is 0 Å². The van der Waals surface area contributed by atoms with E-state index in [4.69, 9.17) is 37.1 Å². The number of fused-ring (bicyclic) bond motifs is 1. The number of carbonyl (C=O) groups is 1. The maximum absolute atomic E-state index is 13.3. The minimum Gasteiger partial charge on any atom is -0.497 e. The van der Waals surface area contributed by atoms with Crippen LogP contribution in [0, 0.1) is 6.92 Å². The molecule has 0 aliphatic heterocycles. The van der Waals surface area contributed by atoms with Gasteiger partial charge in [0.1, 0.15) is 11.3 Å². The van der Waals surface area contributed by atoms with Crippen molar-refractivity contribution in [3.8, 4) is 22.8 Å². The Bertz CT molecular complexity index is 1370. The largest absolute Gasteiger partial charge is 0.497 e. The average Bonchev–Trinajstić information content (AvgIpc) is 2.80. The van der Waals surface area contributed by atoms with Gasteiger partial charge in [0.05, 0.1) is 17.5 Å². The van der Waals surface area contributed by atoms with E-state index in [-0.39, 0.29) is 29.3 Å². The van der Waals surface area contributed by atoms with Gasteiger partial charge in [-0.1, -0.05) is 35.3 Å². The molecular formula is C25H18Cl2O5. The number of aryl methyl sites for hydroxylation is 1. The summed E-state index contributed by atoms with van der Waals surface area (Å²) in [6.07, 6.45) is 0. The summed E-state index contributed by atoms with van der Waals surface area (Å²) in [7, 11) is 1.54. The van der Waals surface area contributed by atoms with Gasteiger partial charge in [0, 0.05) is 16.1 Å². The molecule has 4 aromatic rings. The predicted molar refractivity (Wildman–Crippen MR) is 125 cm³/mol. The van der Waals surface area contributed by atoms with Crippen LogP contribution in [0.15, 0.2) is 69.9 Å². The average molecular weight is 469 g/mol. The fourth-order valence-electron chi connectivity index (χ4n) is 3.25. The van der Waals surface area contributed by atoms with Crippen molar-refractivity contribution in [2.75, 3.05) is 13.7 Å². The second kappa shape index (κ2) is 9.07. The summed E-state index contributed by atoms with van der Waals surface area (Å²) in [5.74, 6) is 0.370. The first-order valence-corrected chi connectivity index (χ1v) is 10.5. The Balaban J connectivity index is 1.79. The van der Waals surface area contributed by atoms with Crippen molar-refractivity contribution >= 4 is 40.0 Å². The molecule has 0 aliphatic carbocycles. The Morgan fingerprint density at radius 2 is 1.72 bits per heavy atom. The van der Waals surface area contributed by atoms with Gasteiger partial charge in [0.15, 0.2) is 18.2 Å². The van der Waals surface area contributed by atoms with Crippen molar-refractivity contribution in [2.45, 2.75) is 6.92 Å². The molecule has 0 saturated heterocycles. The molecule has 1 aromatic heterocycles. The number of hydrogen-bond acceptors (Lipinski definition) is 5. The number of methoxy groups -OCH3 is 1. The van der Waals surface area contributed by atoms with Crippen LogP contribution in [-0.4, -0.2) is 19.5 Å². The molecule has 0 fully saturated rings. The molecule has 5 nitrogen and oxygen atoms in total. The Hall–Kier alpha value is -3.28. The fraction of sp³-hybridized carbons (Fsp3) is 0.120. The minimum absolute atomic E-state index is 0.104. The molecule has 0 saturated carbocycles. The number of benzene rings is 3. The maximum Gasteiger partial charge on any atom is 0.235 e. The van der Waals surface area contributed by atoms with Gasteiger partial charge in [-0.2, -0.15) is 0 Å². The van der Waals surface area contributed by atoms with Crippen LogP contribution in [0.2, 0.25) is 10.0 Å². The molecule has 0 N–H and O–H groups in total. The highest BCUT2D eigenvalue weighted by Crippen LogP contribution is 2.36. The SMILES string of the molecule is COc1ccc(C(=O)COc2c(-c3ccccc3Cl)oc3cc(C)c(Cl)cc3c2=O)cc1. The highest BCUT2D eigenvalue weighted by Gasteiger charge is 2.21. The smallest absolute Gasteiger partial charge is 0.235 e. The van der Waals surface area contributed by atoms with E-state index in [1.165, 1.54) is 6.07 Å². The normalized spacial score (nSPS) is 10.9. The third kappa shape index (κ3) is 4.22. The van der Waals surface area contributed by atoms with E-state index >= 15 is 0 Å². The van der Waals surface area contributed by atoms with Gasteiger partial charge in [-0.15, -0.1) is 0 Å². The zero-order valence-electron chi connectivity index (χ0n) is 17.3. The third-order valence-electron chi connectivity index (χ3n) is 5.01. The molecule has 0 bridgehead atoms. The lowest BCUT2D eigenvalue weighted by atomic mass is 10.1. The number of rotatable bonds is 6. The van der Waals surface area contributed by atoms with Crippen LogP contribution < -0.4 is 14.9 Å². The molecule has 162 valence electrons. The second-order valence-corrected chi connectivity index (χ2v) is 7.92. The molecule has 3 aromatic carbocycles. The molecule has 0 unspecified atom stereocenters. The molecule has 7 heteroatoms. The van der Waals surface area contributed by atoms with Gasteiger partial charge < -0.3 is 13.9 Å². The van der Waals surface area contributed by atoms with Crippen molar-refractivity contribution in [1.82, 2.24) is 0 Å². The second-order valence-electron chi connectivity index (χ2n) is 7.11. The van der Waals surface area contributed by atoms with Crippen molar-refractivity contribution < 1.29 is 18.7 Å². The molecule has 0 spiro atoms. The van der Waals surface area contributed by atoms with E-state index < -0.39 is 5.43 Å². The van der Waals surface area contributed by atoms with E-state index in [0.717, 1.165) is 5.56 Å². The molecule has 0 atom stereocenters. The number of halogens is 2. The van der Waals surface area contributed by atoms with Gasteiger partial charge in [0.25, 0.3) is 0 Å². The number of ether oxygens (including phenoxy) is 2. The molecule has 4 rings (SSSR count). The summed E-state index contributed by atoms with van der Waals surface area (Å²) >= 11 is 12.6. The highest BCUT2D eigenvalue weighted by molar-refractivity contribution is 6.33. The summed E-state index contributed by atoms with van der Waals surface area (Å²) in [4.78, 5) is 26.0. The molecule has 0 radical (unpaired) electrons. The first-order valence-electron chi connectivity index (χ1n) is 9.71. The zero-order valence-corrected chi connectivity index (χ0v) is 18.8. The minimum atomic E-state index is -0.439. The number of Topliss-reactive ketones (excluding diaryl/α,β-unsaturated/α-hetero) is 1. The van der Waals surface area contributed by atoms with E-state index in [1.54, 1.807) is 61.7 Å². The van der Waals surface area contributed by atoms with Crippen LogP contribution in [0.25, 0.3) is 22.3 Å². The summed E-state index contributed by atoms with van der Waals surface area (Å²) < 4.78 is 16.9. The van der Waals surface area contributed by atoms with Gasteiger partial charge >= 0.3 is 0 Å². The quantitative estimate of drug-likeness (QED) is 0.308. The Labute approximate surface area is 194 Å². The Kier molecular flexibility index (Phi) is 6.21. The molecular weight excluding hydrogens is 451 g/mol. The summed E-state index contributed by atoms with van der Waals surface area (Å²) in [5, 5.41) is 1.06. The van der Waals surface area contributed by atoms with E-state index in [9.17, 15) is 9.59 Å². The lowest BCUT2D eigenvalue weighted by Crippen LogP contribution is -2.17. The molecule has 0 aliphatic rings. The van der Waals surface area contributed by atoms with Gasteiger partial charge in [-0.3, -0.25) is 9.59 Å². The molecule has 1 heterocycles. The lowest BCUT2D eigenvalue weighted by molar-refractivity contribution is 0.0920. The van der Waals surface area contributed by atoms with Crippen molar-refractivity contribution in [3.05, 3.63) is 92.1 Å². The fourth-order valence-corrected chi connectivity index (χ4v) is 3.64. The van der Waals surface area contributed by atoms with Crippen LogP contribution in [0.5, 0.6) is 11.5 Å². The van der Waals surface area contributed by atoms with Crippen LogP contribution in [-0.2, 0) is 0 Å². The van der Waals surface area contributed by atoms with Gasteiger partial charge in [0.2, 0.25) is 11.2 Å². The van der Waals surface area contributed by atoms with E-state index in [0.29, 0.717) is 32.5 Å². The monoisotopic (exact) mass is 468 g/mol. The Morgan fingerprint density at radius 3 is 2.41 bits per heavy atom. The lowest BCUT2D eigenvalue weighted by Gasteiger charge is -2.13. The summed E-state index contributed by atoms with van der Waals surface area (Å²) in [5.41, 5.74) is 1.57. The maximum atomic E-state index is 13.3. The molecule has 32 heavy (non-hydrogen) atoms. The van der Waals surface area contributed by atoms with Gasteiger partial charge in [-0.25, -0.2) is 0 Å². The van der Waals surface area contributed by atoms with Crippen LogP contribution >= 0.6 is 23.2 Å². The standard InChI is InChI=1S/C25H18Cl2O5/c1-14-11-22-18(12-20(14)27)23(29)25(24(32-22)17-5-3-4-6-19(17)26)31-13-21(28)15-7-9-16(30-2)10-8-15/h3-12H,13H2,1-2H3. The number of ketones is 1. The first kappa shape index (κ1) is 21.9. The van der Waals surface area contributed by atoms with Crippen LogP contribution in [0.3, 0.4) is 0 Å².